The third-order valence-electron chi connectivity index (χ3n) is 5.52. The first-order valence-electron chi connectivity index (χ1n) is 9.20. The molecule has 2 atom stereocenters. The topological polar surface area (TPSA) is 48.1 Å². The molecule has 1 N–H and O–H groups in total. The highest BCUT2D eigenvalue weighted by Gasteiger charge is 2.29. The van der Waals surface area contributed by atoms with Crippen molar-refractivity contribution in [2.75, 3.05) is 58.9 Å². The van der Waals surface area contributed by atoms with Gasteiger partial charge in [0.1, 0.15) is 0 Å². The van der Waals surface area contributed by atoms with Gasteiger partial charge in [0, 0.05) is 71.9 Å². The molecule has 3 fully saturated rings. The van der Waals surface area contributed by atoms with Gasteiger partial charge in [0.05, 0.1) is 12.2 Å². The molecule has 3 rings (SSSR count). The molecule has 6 heteroatoms. The lowest BCUT2D eigenvalue weighted by molar-refractivity contribution is -0.130. The van der Waals surface area contributed by atoms with Gasteiger partial charge in [-0.15, -0.1) is 0 Å². The Morgan fingerprint density at radius 2 is 1.78 bits per heavy atom. The molecule has 23 heavy (non-hydrogen) atoms. The average molecular weight is 324 g/mol. The molecule has 0 aromatic carbocycles. The van der Waals surface area contributed by atoms with Gasteiger partial charge in [0.25, 0.3) is 0 Å². The molecule has 6 nitrogen and oxygen atoms in total. The quantitative estimate of drug-likeness (QED) is 0.791. The van der Waals surface area contributed by atoms with Crippen LogP contribution in [0.2, 0.25) is 0 Å². The molecular formula is C17H32N4O2. The summed E-state index contributed by atoms with van der Waals surface area (Å²) < 4.78 is 6.01. The number of hydrogen-bond donors (Lipinski definition) is 1. The highest BCUT2D eigenvalue weighted by molar-refractivity contribution is 5.73. The number of nitrogens with one attached hydrogen (secondary N) is 1. The normalized spacial score (nSPS) is 32.2. The van der Waals surface area contributed by atoms with E-state index in [4.69, 9.17) is 4.74 Å². The first-order chi connectivity index (χ1) is 11.1. The molecule has 0 bridgehead atoms. The van der Waals surface area contributed by atoms with Crippen LogP contribution in [0.15, 0.2) is 0 Å². The minimum atomic E-state index is 0.226. The van der Waals surface area contributed by atoms with Crippen molar-refractivity contribution in [3.63, 3.8) is 0 Å². The van der Waals surface area contributed by atoms with Crippen LogP contribution in [0.3, 0.4) is 0 Å². The number of hydrogen-bond acceptors (Lipinski definition) is 5. The monoisotopic (exact) mass is 324 g/mol. The van der Waals surface area contributed by atoms with Crippen LogP contribution in [-0.2, 0) is 9.53 Å². The largest absolute Gasteiger partial charge is 0.371 e. The average Bonchev–Trinajstić information content (AvgIpc) is 2.56. The highest BCUT2D eigenvalue weighted by Crippen LogP contribution is 2.19. The summed E-state index contributed by atoms with van der Waals surface area (Å²) in [6, 6.07) is 0.667. The fraction of sp³-hybridized carbons (Fsp3) is 0.941. The maximum absolute atomic E-state index is 11.4. The number of piperidine rings is 1. The summed E-state index contributed by atoms with van der Waals surface area (Å²) in [5, 5.41) is 3.45. The van der Waals surface area contributed by atoms with Gasteiger partial charge >= 0.3 is 0 Å². The van der Waals surface area contributed by atoms with E-state index in [1.807, 2.05) is 4.90 Å². The van der Waals surface area contributed by atoms with E-state index in [9.17, 15) is 4.79 Å². The Hall–Kier alpha value is -0.690. The van der Waals surface area contributed by atoms with Crippen LogP contribution in [0.4, 0.5) is 0 Å². The number of morpholine rings is 1. The van der Waals surface area contributed by atoms with Crippen molar-refractivity contribution in [2.45, 2.75) is 44.9 Å². The summed E-state index contributed by atoms with van der Waals surface area (Å²) in [6.07, 6.45) is 2.94. The molecule has 132 valence electrons. The van der Waals surface area contributed by atoms with Crippen molar-refractivity contribution < 1.29 is 9.53 Å². The van der Waals surface area contributed by atoms with Gasteiger partial charge in [-0.3, -0.25) is 14.6 Å². The van der Waals surface area contributed by atoms with Crippen LogP contribution in [0.1, 0.15) is 26.7 Å². The van der Waals surface area contributed by atoms with E-state index in [2.05, 4.69) is 22.0 Å². The zero-order valence-corrected chi connectivity index (χ0v) is 14.7. The van der Waals surface area contributed by atoms with Gasteiger partial charge in [-0.25, -0.2) is 0 Å². The molecule has 0 saturated carbocycles. The van der Waals surface area contributed by atoms with Crippen molar-refractivity contribution in [3.05, 3.63) is 0 Å². The Morgan fingerprint density at radius 3 is 2.39 bits per heavy atom. The van der Waals surface area contributed by atoms with E-state index in [1.165, 1.54) is 0 Å². The van der Waals surface area contributed by atoms with Gasteiger partial charge in [-0.2, -0.15) is 0 Å². The lowest BCUT2D eigenvalue weighted by Crippen LogP contribution is -2.56. The van der Waals surface area contributed by atoms with Gasteiger partial charge in [-0.05, 0) is 19.8 Å². The Labute approximate surface area is 140 Å². The maximum Gasteiger partial charge on any atom is 0.219 e. The van der Waals surface area contributed by atoms with Crippen molar-refractivity contribution in [1.29, 1.82) is 0 Å². The molecule has 0 radical (unpaired) electrons. The van der Waals surface area contributed by atoms with E-state index in [1.54, 1.807) is 6.92 Å². The summed E-state index contributed by atoms with van der Waals surface area (Å²) in [5.74, 6) is 0.226. The highest BCUT2D eigenvalue weighted by atomic mass is 16.5. The summed E-state index contributed by atoms with van der Waals surface area (Å²) in [7, 11) is 0. The van der Waals surface area contributed by atoms with E-state index < -0.39 is 0 Å². The van der Waals surface area contributed by atoms with Crippen molar-refractivity contribution in [1.82, 2.24) is 20.0 Å². The Morgan fingerprint density at radius 1 is 1.09 bits per heavy atom. The van der Waals surface area contributed by atoms with Crippen molar-refractivity contribution >= 4 is 5.91 Å². The van der Waals surface area contributed by atoms with Crippen LogP contribution >= 0.6 is 0 Å². The molecule has 3 saturated heterocycles. The van der Waals surface area contributed by atoms with Gasteiger partial charge in [0.2, 0.25) is 5.91 Å². The molecule has 0 aromatic heterocycles. The number of nitrogens with zero attached hydrogens (tertiary/aromatic N) is 3. The Balaban J connectivity index is 1.38. The van der Waals surface area contributed by atoms with E-state index in [0.29, 0.717) is 18.2 Å². The third-order valence-corrected chi connectivity index (χ3v) is 5.52. The van der Waals surface area contributed by atoms with Crippen molar-refractivity contribution in [3.8, 4) is 0 Å². The molecule has 3 aliphatic heterocycles. The Kier molecular flexibility index (Phi) is 5.91. The molecule has 0 aromatic rings. The minimum absolute atomic E-state index is 0.226. The molecule has 3 heterocycles. The summed E-state index contributed by atoms with van der Waals surface area (Å²) in [6.45, 7) is 13.3. The number of ether oxygens (including phenoxy) is 1. The number of amides is 1. The van der Waals surface area contributed by atoms with Gasteiger partial charge in [0.15, 0.2) is 0 Å². The first-order valence-corrected chi connectivity index (χ1v) is 9.20. The standard InChI is InChI=1S/C17H32N4O2/c1-14-11-18-12-17(23-14)13-19-7-9-21(10-8-19)16-3-5-20(6-4-16)15(2)22/h14,16-18H,3-13H2,1-2H3/t14-,17+/m1/s1. The van der Waals surface area contributed by atoms with Crippen LogP contribution in [0.25, 0.3) is 0 Å². The molecule has 3 aliphatic rings. The molecule has 0 aliphatic carbocycles. The second kappa shape index (κ2) is 7.92. The number of rotatable bonds is 3. The van der Waals surface area contributed by atoms with Crippen molar-refractivity contribution in [2.24, 2.45) is 0 Å². The van der Waals surface area contributed by atoms with Crippen LogP contribution in [-0.4, -0.2) is 97.8 Å². The lowest BCUT2D eigenvalue weighted by Gasteiger charge is -2.43. The molecule has 0 unspecified atom stereocenters. The smallest absolute Gasteiger partial charge is 0.219 e. The second-order valence-electron chi connectivity index (χ2n) is 7.30. The van der Waals surface area contributed by atoms with Gasteiger partial charge in [-0.1, -0.05) is 0 Å². The van der Waals surface area contributed by atoms with Gasteiger partial charge < -0.3 is 15.0 Å². The minimum Gasteiger partial charge on any atom is -0.371 e. The van der Waals surface area contributed by atoms with E-state index >= 15 is 0 Å². The van der Waals surface area contributed by atoms with Crippen LogP contribution in [0, 0.1) is 0 Å². The fourth-order valence-electron chi connectivity index (χ4n) is 4.12. The third kappa shape index (κ3) is 4.66. The zero-order valence-electron chi connectivity index (χ0n) is 14.7. The summed E-state index contributed by atoms with van der Waals surface area (Å²) in [4.78, 5) is 18.6. The summed E-state index contributed by atoms with van der Waals surface area (Å²) in [5.41, 5.74) is 0. The lowest BCUT2D eigenvalue weighted by atomic mass is 10.0. The predicted molar refractivity (Wildman–Crippen MR) is 90.5 cm³/mol. The van der Waals surface area contributed by atoms with Crippen LogP contribution < -0.4 is 5.32 Å². The number of piperazine rings is 1. The predicted octanol–water partition coefficient (Wildman–Crippen LogP) is -0.00820. The number of carbonyl (C=O) groups excluding carboxylic acids is 1. The zero-order chi connectivity index (χ0) is 16.2. The maximum atomic E-state index is 11.4. The fourth-order valence-corrected chi connectivity index (χ4v) is 4.12. The Bertz CT molecular complexity index is 390. The van der Waals surface area contributed by atoms with E-state index in [0.717, 1.165) is 71.7 Å². The molecule has 1 amide bonds. The molecular weight excluding hydrogens is 292 g/mol. The first kappa shape index (κ1) is 17.1. The second-order valence-corrected chi connectivity index (χ2v) is 7.30. The van der Waals surface area contributed by atoms with Crippen LogP contribution in [0.5, 0.6) is 0 Å². The number of likely N-dealkylation sites (tertiary alicyclic amines) is 1. The molecule has 0 spiro atoms. The van der Waals surface area contributed by atoms with E-state index in [-0.39, 0.29) is 5.91 Å². The summed E-state index contributed by atoms with van der Waals surface area (Å²) >= 11 is 0. The SMILES string of the molecule is CC(=O)N1CCC(N2CCN(C[C@@H]3CNC[C@@H](C)O3)CC2)CC1. The number of carbonyl (C=O) groups is 1.